The number of sulfonamides is 1. The fraction of sp³-hybridized carbons (Fsp3) is 0.659. The maximum Gasteiger partial charge on any atom is 0.438 e. The first-order valence-electron chi connectivity index (χ1n) is 20.9. The molecule has 1 saturated heterocycles. The van der Waals surface area contributed by atoms with Crippen LogP contribution in [0.25, 0.3) is 11.0 Å². The predicted molar refractivity (Wildman–Crippen MR) is 213 cm³/mol. The lowest BCUT2D eigenvalue weighted by molar-refractivity contribution is -0.244. The van der Waals surface area contributed by atoms with E-state index in [4.69, 9.17) is 14.2 Å². The molecule has 0 radical (unpaired) electrons. The number of hydrogen-bond acceptors (Lipinski definition) is 11. The van der Waals surface area contributed by atoms with Crippen molar-refractivity contribution >= 4 is 44.9 Å². The van der Waals surface area contributed by atoms with Gasteiger partial charge in [-0.15, -0.1) is 0 Å². The Labute approximate surface area is 360 Å². The Hall–Kier alpha value is -4.89. The zero-order valence-electron chi connectivity index (χ0n) is 35.6. The van der Waals surface area contributed by atoms with Crippen molar-refractivity contribution in [3.63, 3.8) is 0 Å². The van der Waals surface area contributed by atoms with Gasteiger partial charge in [0.25, 0.3) is 5.91 Å². The number of aromatic nitrogens is 2. The third kappa shape index (κ3) is 10.7. The van der Waals surface area contributed by atoms with E-state index in [1.54, 1.807) is 32.9 Å². The standard InChI is InChI=1S/C41H52F6N6O9S/c1-7-23-16-22(4)10-8-9-11-24-19-39(24,36(56)52-63(58,59)27-13-14-27)51-33(54)30-18-26(20-53(30)35(55)31(23)50-37(57)62-38(5,6)41(45,46)47)61-34-32(40(42,43)44)48-28-15-12-25(60-21(2)3)17-29(28)49-34/h9,11-12,15,17,21-24,26-27,30-31H,7-8,10,13-14,16,18-20H2,1-6H3,(H,50,57)(H,51,54)(H,52,56). The van der Waals surface area contributed by atoms with E-state index in [9.17, 15) is 53.9 Å². The van der Waals surface area contributed by atoms with Gasteiger partial charge in [0.15, 0.2) is 0 Å². The van der Waals surface area contributed by atoms with Crippen molar-refractivity contribution in [3.05, 3.63) is 36.0 Å². The highest BCUT2D eigenvalue weighted by molar-refractivity contribution is 7.91. The smallest absolute Gasteiger partial charge is 0.438 e. The highest BCUT2D eigenvalue weighted by Gasteiger charge is 2.62. The number of ether oxygens (including phenoxy) is 3. The first-order valence-corrected chi connectivity index (χ1v) is 22.4. The molecular formula is C41H52F6N6O9S. The molecule has 0 bridgehead atoms. The molecule has 7 atom stereocenters. The Bertz CT molecular complexity index is 2240. The summed E-state index contributed by atoms with van der Waals surface area (Å²) in [5.74, 6) is -5.30. The van der Waals surface area contributed by atoms with E-state index in [1.165, 1.54) is 18.2 Å². The number of halogens is 6. The van der Waals surface area contributed by atoms with E-state index < -0.39 is 117 Å². The highest BCUT2D eigenvalue weighted by Crippen LogP contribution is 2.46. The van der Waals surface area contributed by atoms with E-state index in [2.05, 4.69) is 25.3 Å². The summed E-state index contributed by atoms with van der Waals surface area (Å²) in [4.78, 5) is 65.3. The van der Waals surface area contributed by atoms with Crippen LogP contribution < -0.4 is 24.8 Å². The monoisotopic (exact) mass is 918 g/mol. The molecule has 4 aliphatic rings. The quantitative estimate of drug-likeness (QED) is 0.184. The fourth-order valence-corrected chi connectivity index (χ4v) is 9.31. The summed E-state index contributed by atoms with van der Waals surface area (Å²) < 4.78 is 129. The summed E-state index contributed by atoms with van der Waals surface area (Å²) in [5, 5.41) is 4.15. The number of benzene rings is 1. The minimum atomic E-state index is -5.10. The lowest BCUT2D eigenvalue weighted by Gasteiger charge is -2.35. The highest BCUT2D eigenvalue weighted by atomic mass is 32.2. The fourth-order valence-electron chi connectivity index (χ4n) is 7.95. The molecule has 4 amide bonds. The minimum Gasteiger partial charge on any atom is -0.491 e. The van der Waals surface area contributed by atoms with Gasteiger partial charge in [0.1, 0.15) is 29.5 Å². The SMILES string of the molecule is CCC1CC(C)CCC=CC2CC2(C(=O)NS(=O)(=O)C2CC2)NC(=O)C2CC(Oc3nc4cc(OC(C)C)ccc4nc3C(F)(F)F)CN2C(=O)C1NC(=O)OC(C)(C)C(F)(F)F. The maximum atomic E-state index is 14.9. The van der Waals surface area contributed by atoms with Gasteiger partial charge in [0.05, 0.1) is 28.9 Å². The summed E-state index contributed by atoms with van der Waals surface area (Å²) in [7, 11) is -4.09. The van der Waals surface area contributed by atoms with Crippen LogP contribution in [0.3, 0.4) is 0 Å². The number of hydrogen-bond donors (Lipinski definition) is 3. The summed E-state index contributed by atoms with van der Waals surface area (Å²) in [6.45, 7) is 7.69. The number of nitrogens with one attached hydrogen (secondary N) is 3. The lowest BCUT2D eigenvalue weighted by atomic mass is 9.85. The second-order valence-corrected chi connectivity index (χ2v) is 19.6. The Kier molecular flexibility index (Phi) is 13.3. The van der Waals surface area contributed by atoms with Gasteiger partial charge in [0.2, 0.25) is 39.0 Å². The maximum absolute atomic E-state index is 14.9. The van der Waals surface area contributed by atoms with Gasteiger partial charge < -0.3 is 29.7 Å². The molecule has 15 nitrogen and oxygen atoms in total. The van der Waals surface area contributed by atoms with Gasteiger partial charge in [-0.3, -0.25) is 19.1 Å². The van der Waals surface area contributed by atoms with Crippen molar-refractivity contribution in [2.24, 2.45) is 17.8 Å². The zero-order valence-corrected chi connectivity index (χ0v) is 36.4. The minimum absolute atomic E-state index is 0.0234. The normalized spacial score (nSPS) is 27.4. The molecule has 348 valence electrons. The molecule has 3 fully saturated rings. The summed E-state index contributed by atoms with van der Waals surface area (Å²) in [6.07, 6.45) is -8.35. The van der Waals surface area contributed by atoms with E-state index >= 15 is 0 Å². The van der Waals surface area contributed by atoms with E-state index in [-0.39, 0.29) is 48.1 Å². The number of amides is 4. The topological polar surface area (TPSA) is 195 Å². The number of carbonyl (C=O) groups is 4. The Morgan fingerprint density at radius 2 is 1.73 bits per heavy atom. The van der Waals surface area contributed by atoms with E-state index in [1.807, 2.05) is 6.92 Å². The molecule has 2 saturated carbocycles. The van der Waals surface area contributed by atoms with Crippen LogP contribution in [-0.2, 0) is 35.3 Å². The molecular weight excluding hydrogens is 867 g/mol. The van der Waals surface area contributed by atoms with Crippen LogP contribution in [0.1, 0.15) is 98.6 Å². The number of alkyl halides is 6. The van der Waals surface area contributed by atoms with Crippen molar-refractivity contribution in [2.45, 2.75) is 146 Å². The first kappa shape index (κ1) is 47.6. The van der Waals surface area contributed by atoms with Gasteiger partial charge >= 0.3 is 18.4 Å². The second kappa shape index (κ2) is 17.6. The average molecular weight is 919 g/mol. The van der Waals surface area contributed by atoms with Crippen LogP contribution in [0.4, 0.5) is 31.1 Å². The van der Waals surface area contributed by atoms with Gasteiger partial charge in [-0.25, -0.2) is 23.2 Å². The second-order valence-electron chi connectivity index (χ2n) is 17.7. The van der Waals surface area contributed by atoms with Crippen LogP contribution >= 0.6 is 0 Å². The Morgan fingerprint density at radius 1 is 1.03 bits per heavy atom. The number of rotatable bonds is 10. The largest absolute Gasteiger partial charge is 0.491 e. The molecule has 7 unspecified atom stereocenters. The van der Waals surface area contributed by atoms with Crippen LogP contribution in [0, 0.1) is 17.8 Å². The third-order valence-electron chi connectivity index (χ3n) is 11.8. The number of fused-ring (bicyclic) bond motifs is 3. The third-order valence-corrected chi connectivity index (χ3v) is 13.6. The Morgan fingerprint density at radius 3 is 2.35 bits per heavy atom. The van der Waals surface area contributed by atoms with Crippen LogP contribution in [0.15, 0.2) is 30.4 Å². The van der Waals surface area contributed by atoms with Gasteiger partial charge in [-0.1, -0.05) is 32.4 Å². The Balaban J connectivity index is 1.40. The summed E-state index contributed by atoms with van der Waals surface area (Å²) in [5.41, 5.74) is -6.48. The van der Waals surface area contributed by atoms with Crippen molar-refractivity contribution < 1.29 is 68.1 Å². The number of allylic oxidation sites excluding steroid dienone is 1. The zero-order chi connectivity index (χ0) is 46.4. The molecule has 2 aliphatic heterocycles. The molecule has 1 aromatic carbocycles. The predicted octanol–water partition coefficient (Wildman–Crippen LogP) is 6.11. The van der Waals surface area contributed by atoms with Crippen molar-refractivity contribution in [3.8, 4) is 11.6 Å². The molecule has 2 aliphatic carbocycles. The number of nitrogens with zero attached hydrogens (tertiary/aromatic N) is 3. The van der Waals surface area contributed by atoms with Gasteiger partial charge in [-0.2, -0.15) is 26.3 Å². The number of carbonyl (C=O) groups excluding carboxylic acids is 4. The van der Waals surface area contributed by atoms with Crippen molar-refractivity contribution in [1.29, 1.82) is 0 Å². The molecule has 63 heavy (non-hydrogen) atoms. The average Bonchev–Trinajstić information content (AvgIpc) is 4.09. The van der Waals surface area contributed by atoms with E-state index in [0.717, 1.165) is 4.90 Å². The molecule has 0 spiro atoms. The van der Waals surface area contributed by atoms with Crippen LogP contribution in [0.5, 0.6) is 11.6 Å². The van der Waals surface area contributed by atoms with Crippen LogP contribution in [-0.4, -0.2) is 101 Å². The molecule has 6 rings (SSSR count). The van der Waals surface area contributed by atoms with Gasteiger partial charge in [-0.05, 0) is 90.2 Å². The molecule has 22 heteroatoms. The summed E-state index contributed by atoms with van der Waals surface area (Å²) >= 11 is 0. The van der Waals surface area contributed by atoms with Crippen molar-refractivity contribution in [1.82, 2.24) is 30.2 Å². The molecule has 3 heterocycles. The number of alkyl carbamates (subject to hydrolysis) is 1. The summed E-state index contributed by atoms with van der Waals surface area (Å²) in [6, 6.07) is 0.825. The molecule has 1 aromatic heterocycles. The lowest BCUT2D eigenvalue weighted by Crippen LogP contribution is -2.59. The van der Waals surface area contributed by atoms with Crippen LogP contribution in [0.2, 0.25) is 0 Å². The van der Waals surface area contributed by atoms with Gasteiger partial charge in [0, 0.05) is 18.4 Å². The molecule has 3 N–H and O–H groups in total. The molecule has 2 aromatic rings. The first-order chi connectivity index (χ1) is 29.2. The van der Waals surface area contributed by atoms with E-state index in [0.29, 0.717) is 39.5 Å². The van der Waals surface area contributed by atoms with Crippen molar-refractivity contribution in [2.75, 3.05) is 6.54 Å².